The summed E-state index contributed by atoms with van der Waals surface area (Å²) in [5, 5.41) is 9.30. The third kappa shape index (κ3) is 5.30. The fraction of sp³-hybridized carbons (Fsp3) is 0.231. The molecule has 0 aromatic heterocycles. The van der Waals surface area contributed by atoms with Crippen LogP contribution in [0.1, 0.15) is 29.8 Å². The second-order valence-electron chi connectivity index (χ2n) is 9.55. The molecule has 4 rings (SSSR count). The van der Waals surface area contributed by atoms with Gasteiger partial charge in [0.2, 0.25) is 0 Å². The summed E-state index contributed by atoms with van der Waals surface area (Å²) in [4.78, 5) is 25.4. The molecule has 3 aromatic carbocycles. The molecule has 1 aliphatic rings. The van der Waals surface area contributed by atoms with Crippen molar-refractivity contribution in [3.05, 3.63) is 82.6 Å². The van der Waals surface area contributed by atoms with E-state index < -0.39 is 63.0 Å². The van der Waals surface area contributed by atoms with Gasteiger partial charge in [0.15, 0.2) is 0 Å². The van der Waals surface area contributed by atoms with E-state index in [2.05, 4.69) is 0 Å². The maximum atomic E-state index is 14.1. The van der Waals surface area contributed by atoms with Crippen molar-refractivity contribution in [3.8, 4) is 11.1 Å². The smallest absolute Gasteiger partial charge is 0.416 e. The van der Waals surface area contributed by atoms with Crippen LogP contribution in [-0.2, 0) is 21.0 Å². The van der Waals surface area contributed by atoms with E-state index >= 15 is 0 Å². The zero-order valence-electron chi connectivity index (χ0n) is 20.5. The normalized spacial score (nSPS) is 14.4. The lowest BCUT2D eigenvalue weighted by molar-refractivity contribution is -0.147. The van der Waals surface area contributed by atoms with Crippen LogP contribution >= 0.6 is 11.6 Å². The number of alkyl halides is 3. The summed E-state index contributed by atoms with van der Waals surface area (Å²) < 4.78 is 82.5. The molecule has 0 spiro atoms. The van der Waals surface area contributed by atoms with Crippen molar-refractivity contribution in [2.75, 3.05) is 17.5 Å². The van der Waals surface area contributed by atoms with Crippen molar-refractivity contribution in [3.63, 3.8) is 0 Å². The summed E-state index contributed by atoms with van der Waals surface area (Å²) in [5.74, 6) is -2.67. The molecular weight excluding hydrogens is 564 g/mol. The lowest BCUT2D eigenvalue weighted by atomic mass is 9.92. The van der Waals surface area contributed by atoms with Gasteiger partial charge in [-0.15, -0.1) is 0 Å². The standard InChI is InChI=1S/C26H21ClF4N2O5S/c1-25(2,24(35)36)13-32-14-33(39(37,38)17-6-3-5-16(12-17)26(29,30)31)21-11-15(9-10-19(21)23(32)34)18-7-4-8-20(28)22(18)27/h3-12H,13-14H2,1-2H3,(H,35,36). The SMILES string of the molecule is CC(C)(CN1CN(S(=O)(=O)c2cccc(C(F)(F)F)c2)c2cc(-c3cccc(F)c3Cl)ccc2C1=O)C(=O)O. The average molecular weight is 585 g/mol. The minimum absolute atomic E-state index is 0.144. The number of aliphatic carboxylic acids is 1. The number of benzene rings is 3. The first-order chi connectivity index (χ1) is 18.0. The molecule has 39 heavy (non-hydrogen) atoms. The number of carboxylic acid groups (broad SMARTS) is 1. The second-order valence-corrected chi connectivity index (χ2v) is 11.8. The minimum atomic E-state index is -4.82. The van der Waals surface area contributed by atoms with Gasteiger partial charge in [-0.05, 0) is 55.8 Å². The number of carbonyl (C=O) groups excluding carboxylic acids is 1. The first-order valence-electron chi connectivity index (χ1n) is 11.3. The highest BCUT2D eigenvalue weighted by Crippen LogP contribution is 2.39. The molecule has 0 saturated heterocycles. The van der Waals surface area contributed by atoms with Gasteiger partial charge in [-0.2, -0.15) is 13.2 Å². The summed E-state index contributed by atoms with van der Waals surface area (Å²) in [6.45, 7) is 1.62. The maximum Gasteiger partial charge on any atom is 0.416 e. The predicted octanol–water partition coefficient (Wildman–Crippen LogP) is 5.88. The van der Waals surface area contributed by atoms with E-state index in [1.54, 1.807) is 0 Å². The van der Waals surface area contributed by atoms with Gasteiger partial charge in [-0.25, -0.2) is 17.1 Å². The third-order valence-electron chi connectivity index (χ3n) is 6.26. The number of amides is 1. The first-order valence-corrected chi connectivity index (χ1v) is 13.2. The lowest BCUT2D eigenvalue weighted by Crippen LogP contribution is -2.52. The molecule has 206 valence electrons. The highest BCUT2D eigenvalue weighted by molar-refractivity contribution is 7.92. The van der Waals surface area contributed by atoms with Crippen molar-refractivity contribution in [2.24, 2.45) is 5.41 Å². The Hall–Kier alpha value is -3.64. The van der Waals surface area contributed by atoms with Crippen molar-refractivity contribution >= 4 is 39.2 Å². The van der Waals surface area contributed by atoms with E-state index in [4.69, 9.17) is 11.6 Å². The molecule has 3 aromatic rings. The second kappa shape index (κ2) is 9.83. The molecule has 0 fully saturated rings. The predicted molar refractivity (Wildman–Crippen MR) is 135 cm³/mol. The van der Waals surface area contributed by atoms with Gasteiger partial charge in [-0.3, -0.25) is 9.59 Å². The number of hydrogen-bond donors (Lipinski definition) is 1. The first kappa shape index (κ1) is 28.4. The summed E-state index contributed by atoms with van der Waals surface area (Å²) in [6, 6.07) is 11.1. The number of rotatable bonds is 6. The van der Waals surface area contributed by atoms with Crippen LogP contribution in [0.25, 0.3) is 11.1 Å². The number of sulfonamides is 1. The Labute approximate surface area is 226 Å². The molecule has 1 N–H and O–H groups in total. The van der Waals surface area contributed by atoms with Crippen LogP contribution in [0.5, 0.6) is 0 Å². The minimum Gasteiger partial charge on any atom is -0.481 e. The molecule has 1 amide bonds. The number of hydrogen-bond acceptors (Lipinski definition) is 4. The van der Waals surface area contributed by atoms with Crippen LogP contribution in [0.2, 0.25) is 5.02 Å². The van der Waals surface area contributed by atoms with Crippen LogP contribution in [0.3, 0.4) is 0 Å². The number of carbonyl (C=O) groups is 2. The number of carboxylic acids is 1. The van der Waals surface area contributed by atoms with E-state index in [-0.39, 0.29) is 27.4 Å². The van der Waals surface area contributed by atoms with Crippen LogP contribution in [0, 0.1) is 11.2 Å². The molecule has 1 aliphatic heterocycles. The Morgan fingerprint density at radius 3 is 2.33 bits per heavy atom. The zero-order valence-corrected chi connectivity index (χ0v) is 22.0. The van der Waals surface area contributed by atoms with Crippen molar-refractivity contribution < 1.29 is 40.7 Å². The summed E-state index contributed by atoms with van der Waals surface area (Å²) in [6.07, 6.45) is -4.82. The van der Waals surface area contributed by atoms with Crippen LogP contribution < -0.4 is 4.31 Å². The van der Waals surface area contributed by atoms with Gasteiger partial charge in [0.25, 0.3) is 15.9 Å². The third-order valence-corrected chi connectivity index (χ3v) is 8.39. The molecule has 1 heterocycles. The maximum absolute atomic E-state index is 14.1. The molecule has 0 aliphatic carbocycles. The Morgan fingerprint density at radius 2 is 1.69 bits per heavy atom. The van der Waals surface area contributed by atoms with E-state index in [1.165, 1.54) is 44.2 Å². The lowest BCUT2D eigenvalue weighted by Gasteiger charge is -2.39. The van der Waals surface area contributed by atoms with Gasteiger partial charge in [0.05, 0.1) is 32.1 Å². The Bertz CT molecular complexity index is 1590. The van der Waals surface area contributed by atoms with E-state index in [1.807, 2.05) is 0 Å². The molecular formula is C26H21ClF4N2O5S. The summed E-state index contributed by atoms with van der Waals surface area (Å²) >= 11 is 6.10. The van der Waals surface area contributed by atoms with E-state index in [0.717, 1.165) is 33.5 Å². The van der Waals surface area contributed by atoms with Crippen LogP contribution in [0.15, 0.2) is 65.6 Å². The quantitative estimate of drug-likeness (QED) is 0.365. The summed E-state index contributed by atoms with van der Waals surface area (Å²) in [5.41, 5.74) is -2.56. The number of fused-ring (bicyclic) bond motifs is 1. The Kier molecular flexibility index (Phi) is 7.15. The molecule has 0 bridgehead atoms. The van der Waals surface area contributed by atoms with E-state index in [0.29, 0.717) is 6.07 Å². The van der Waals surface area contributed by atoms with Gasteiger partial charge in [0.1, 0.15) is 12.5 Å². The van der Waals surface area contributed by atoms with Crippen LogP contribution in [-0.4, -0.2) is 43.5 Å². The molecule has 0 saturated carbocycles. The van der Waals surface area contributed by atoms with Crippen molar-refractivity contribution in [1.82, 2.24) is 4.90 Å². The number of anilines is 1. The molecule has 0 atom stereocenters. The monoisotopic (exact) mass is 584 g/mol. The van der Waals surface area contributed by atoms with Gasteiger partial charge in [-0.1, -0.05) is 35.9 Å². The summed E-state index contributed by atoms with van der Waals surface area (Å²) in [7, 11) is -4.72. The molecule has 13 heteroatoms. The molecule has 7 nitrogen and oxygen atoms in total. The fourth-order valence-electron chi connectivity index (χ4n) is 4.11. The highest BCUT2D eigenvalue weighted by atomic mass is 35.5. The average Bonchev–Trinajstić information content (AvgIpc) is 2.86. The number of nitrogens with zero attached hydrogens (tertiary/aromatic N) is 2. The largest absolute Gasteiger partial charge is 0.481 e. The highest BCUT2D eigenvalue weighted by Gasteiger charge is 2.41. The topological polar surface area (TPSA) is 95.0 Å². The fourth-order valence-corrected chi connectivity index (χ4v) is 5.83. The van der Waals surface area contributed by atoms with Crippen molar-refractivity contribution in [2.45, 2.75) is 24.9 Å². The number of halogens is 5. The Morgan fingerprint density at radius 1 is 1.03 bits per heavy atom. The van der Waals surface area contributed by atoms with Gasteiger partial charge < -0.3 is 10.0 Å². The molecule has 0 unspecified atom stereocenters. The zero-order chi connectivity index (χ0) is 28.9. The van der Waals surface area contributed by atoms with Gasteiger partial charge in [0, 0.05) is 12.1 Å². The molecule has 0 radical (unpaired) electrons. The Balaban J connectivity index is 1.91. The van der Waals surface area contributed by atoms with Gasteiger partial charge >= 0.3 is 12.1 Å². The van der Waals surface area contributed by atoms with Crippen molar-refractivity contribution in [1.29, 1.82) is 0 Å². The van der Waals surface area contributed by atoms with Crippen LogP contribution in [0.4, 0.5) is 23.2 Å². The van der Waals surface area contributed by atoms with E-state index in [9.17, 15) is 40.7 Å².